The lowest BCUT2D eigenvalue weighted by Gasteiger charge is -2.18. The van der Waals surface area contributed by atoms with Gasteiger partial charge in [0.25, 0.3) is 0 Å². The van der Waals surface area contributed by atoms with Gasteiger partial charge in [0.2, 0.25) is 0 Å². The fourth-order valence-corrected chi connectivity index (χ4v) is 5.55. The van der Waals surface area contributed by atoms with Gasteiger partial charge in [-0.1, -0.05) is 223 Å². The Kier molecular flexibility index (Phi) is 45.3. The van der Waals surface area contributed by atoms with Gasteiger partial charge in [-0.25, -0.2) is 0 Å². The highest BCUT2D eigenvalue weighted by Crippen LogP contribution is 2.11. The molecule has 0 saturated carbocycles. The van der Waals surface area contributed by atoms with Crippen molar-refractivity contribution in [2.75, 3.05) is 13.2 Å². The Balaban J connectivity index is 4.62. The lowest BCUT2D eigenvalue weighted by Crippen LogP contribution is -2.30. The van der Waals surface area contributed by atoms with Gasteiger partial charge in [-0.15, -0.1) is 0 Å². The zero-order valence-corrected chi connectivity index (χ0v) is 39.2. The van der Waals surface area contributed by atoms with E-state index in [0.29, 0.717) is 19.3 Å². The first-order valence-electron chi connectivity index (χ1n) is 23.8. The van der Waals surface area contributed by atoms with E-state index in [1.807, 2.05) is 115 Å². The Bertz CT molecular complexity index is 1550. The van der Waals surface area contributed by atoms with Crippen molar-refractivity contribution in [3.8, 4) is 0 Å². The normalized spacial score (nSPS) is 13.6. The van der Waals surface area contributed by atoms with E-state index in [1.54, 1.807) is 0 Å². The van der Waals surface area contributed by atoms with Gasteiger partial charge < -0.3 is 14.2 Å². The van der Waals surface area contributed by atoms with Crippen molar-refractivity contribution in [3.63, 3.8) is 0 Å². The van der Waals surface area contributed by atoms with Crippen LogP contribution in [0.3, 0.4) is 0 Å². The summed E-state index contributed by atoms with van der Waals surface area (Å²) in [5.41, 5.74) is 0. The minimum Gasteiger partial charge on any atom is -0.462 e. The number of allylic oxidation sites excluding steroid dienone is 28. The fraction of sp³-hybridized carbons (Fsp3) is 0.456. The van der Waals surface area contributed by atoms with Gasteiger partial charge in [0.05, 0.1) is 0 Å². The maximum absolute atomic E-state index is 12.7. The van der Waals surface area contributed by atoms with Gasteiger partial charge in [-0.3, -0.25) is 14.4 Å². The Labute approximate surface area is 383 Å². The predicted molar refractivity (Wildman–Crippen MR) is 269 cm³/mol. The summed E-state index contributed by atoms with van der Waals surface area (Å²) in [6.45, 7) is 6.08. The molecule has 0 aromatic carbocycles. The van der Waals surface area contributed by atoms with Crippen LogP contribution in [-0.2, 0) is 28.6 Å². The first kappa shape index (κ1) is 57.8. The molecular formula is C57H82O6. The highest BCUT2D eigenvalue weighted by Gasteiger charge is 2.19. The predicted octanol–water partition coefficient (Wildman–Crippen LogP) is 15.6. The van der Waals surface area contributed by atoms with Gasteiger partial charge >= 0.3 is 17.9 Å². The van der Waals surface area contributed by atoms with E-state index in [2.05, 4.69) is 75.5 Å². The summed E-state index contributed by atoms with van der Waals surface area (Å²) in [5, 5.41) is 0. The Morgan fingerprint density at radius 1 is 0.317 bits per heavy atom. The molecule has 0 fully saturated rings. The van der Waals surface area contributed by atoms with Crippen LogP contribution in [0.5, 0.6) is 0 Å². The molecular weight excluding hydrogens is 781 g/mol. The third-order valence-electron chi connectivity index (χ3n) is 9.05. The van der Waals surface area contributed by atoms with Crippen molar-refractivity contribution < 1.29 is 28.6 Å². The molecule has 0 N–H and O–H groups in total. The topological polar surface area (TPSA) is 78.9 Å². The van der Waals surface area contributed by atoms with E-state index < -0.39 is 6.10 Å². The molecule has 0 rings (SSSR count). The molecule has 6 nitrogen and oxygen atoms in total. The van der Waals surface area contributed by atoms with Crippen molar-refractivity contribution in [2.24, 2.45) is 0 Å². The van der Waals surface area contributed by atoms with Crippen LogP contribution >= 0.6 is 0 Å². The third kappa shape index (κ3) is 47.7. The van der Waals surface area contributed by atoms with Crippen molar-refractivity contribution in [1.82, 2.24) is 0 Å². The number of esters is 3. The molecule has 0 radical (unpaired) electrons. The van der Waals surface area contributed by atoms with Crippen LogP contribution in [0.1, 0.15) is 149 Å². The average molecular weight is 863 g/mol. The first-order valence-corrected chi connectivity index (χ1v) is 23.8. The monoisotopic (exact) mass is 863 g/mol. The fourth-order valence-electron chi connectivity index (χ4n) is 5.55. The summed E-state index contributed by atoms with van der Waals surface area (Å²) < 4.78 is 16.7. The summed E-state index contributed by atoms with van der Waals surface area (Å²) in [7, 11) is 0. The molecule has 0 spiro atoms. The molecule has 0 bridgehead atoms. The molecule has 63 heavy (non-hydrogen) atoms. The SMILES string of the molecule is CC\C=C/C=C\C=C/C=C\C=C\C=C/C=C\CCCCCC(=O)OCC(COC(=O)CCCCCCC\C=C/C=C\C=C/CC)OC(=O)CCCCC\C=C/C=C\C=C/C=C\CC. The molecule has 1 atom stereocenters. The third-order valence-corrected chi connectivity index (χ3v) is 9.05. The zero-order valence-electron chi connectivity index (χ0n) is 39.2. The molecule has 0 saturated heterocycles. The lowest BCUT2D eigenvalue weighted by molar-refractivity contribution is -0.167. The van der Waals surface area contributed by atoms with Crippen molar-refractivity contribution in [1.29, 1.82) is 0 Å². The minimum atomic E-state index is -0.835. The molecule has 0 aromatic heterocycles. The van der Waals surface area contributed by atoms with Crippen molar-refractivity contribution >= 4 is 17.9 Å². The highest BCUT2D eigenvalue weighted by atomic mass is 16.6. The molecule has 6 heteroatoms. The smallest absolute Gasteiger partial charge is 0.306 e. The molecule has 0 aromatic rings. The molecule has 346 valence electrons. The maximum atomic E-state index is 12.7. The van der Waals surface area contributed by atoms with Gasteiger partial charge in [-0.05, 0) is 77.0 Å². The first-order chi connectivity index (χ1) is 31.0. The van der Waals surface area contributed by atoms with Crippen LogP contribution in [0.15, 0.2) is 170 Å². The number of rotatable bonds is 39. The van der Waals surface area contributed by atoms with Crippen molar-refractivity contribution in [2.45, 2.75) is 155 Å². The van der Waals surface area contributed by atoms with Gasteiger partial charge in [0.15, 0.2) is 6.10 Å². The van der Waals surface area contributed by atoms with Crippen LogP contribution in [-0.4, -0.2) is 37.2 Å². The number of ether oxygens (including phenoxy) is 3. The quantitative estimate of drug-likeness (QED) is 0.0265. The Hall–Kier alpha value is -5.23. The van der Waals surface area contributed by atoms with E-state index in [9.17, 15) is 14.4 Å². The number of carbonyl (C=O) groups excluding carboxylic acids is 3. The number of unbranched alkanes of at least 4 members (excludes halogenated alkanes) is 11. The largest absolute Gasteiger partial charge is 0.462 e. The van der Waals surface area contributed by atoms with Gasteiger partial charge in [-0.2, -0.15) is 0 Å². The second kappa shape index (κ2) is 49.4. The summed E-state index contributed by atoms with van der Waals surface area (Å²) >= 11 is 0. The second-order valence-corrected chi connectivity index (χ2v) is 14.9. The lowest BCUT2D eigenvalue weighted by atomic mass is 10.1. The summed E-state index contributed by atoms with van der Waals surface area (Å²) in [4.78, 5) is 37.9. The minimum absolute atomic E-state index is 0.130. The highest BCUT2D eigenvalue weighted by molar-refractivity contribution is 5.71. The van der Waals surface area contributed by atoms with Crippen LogP contribution in [0.25, 0.3) is 0 Å². The van der Waals surface area contributed by atoms with Gasteiger partial charge in [0, 0.05) is 19.3 Å². The molecule has 0 aliphatic rings. The molecule has 0 aliphatic carbocycles. The number of hydrogen-bond acceptors (Lipinski definition) is 6. The number of hydrogen-bond donors (Lipinski definition) is 0. The molecule has 0 aliphatic heterocycles. The van der Waals surface area contributed by atoms with E-state index >= 15 is 0 Å². The molecule has 0 heterocycles. The summed E-state index contributed by atoms with van der Waals surface area (Å²) in [6, 6.07) is 0. The average Bonchev–Trinajstić information content (AvgIpc) is 3.28. The Morgan fingerprint density at radius 3 is 0.905 bits per heavy atom. The van der Waals surface area contributed by atoms with Crippen LogP contribution in [0.2, 0.25) is 0 Å². The second-order valence-electron chi connectivity index (χ2n) is 14.9. The van der Waals surface area contributed by atoms with E-state index in [-0.39, 0.29) is 44.0 Å². The maximum Gasteiger partial charge on any atom is 0.306 e. The van der Waals surface area contributed by atoms with E-state index in [1.165, 1.54) is 0 Å². The van der Waals surface area contributed by atoms with Crippen LogP contribution < -0.4 is 0 Å². The molecule has 1 unspecified atom stereocenters. The van der Waals surface area contributed by atoms with E-state index in [0.717, 1.165) is 96.3 Å². The van der Waals surface area contributed by atoms with Crippen LogP contribution in [0, 0.1) is 0 Å². The van der Waals surface area contributed by atoms with Crippen LogP contribution in [0.4, 0.5) is 0 Å². The standard InChI is InChI=1S/C57H82O6/c1-4-7-10-13-16-19-22-25-26-27-28-29-30-33-35-38-41-44-47-50-56(59)62-53-54(63-57(60)51-48-45-42-39-36-32-24-21-18-15-12-9-6-3)52-61-55(58)49-46-43-40-37-34-31-23-20-17-14-11-8-5-2/h7-30,32-33,35-36,54H,4-6,31,34,37-53H2,1-3H3/b10-7-,11-8-,12-9-,16-13-,17-14-,18-15-,22-19-,23-20-,24-21-,26-25-,28-27+,30-29-,35-33-,36-32-. The number of carbonyl (C=O) groups is 3. The molecule has 0 amide bonds. The van der Waals surface area contributed by atoms with E-state index in [4.69, 9.17) is 14.2 Å². The zero-order chi connectivity index (χ0) is 45.8. The Morgan fingerprint density at radius 2 is 0.571 bits per heavy atom. The van der Waals surface area contributed by atoms with Gasteiger partial charge in [0.1, 0.15) is 13.2 Å². The van der Waals surface area contributed by atoms with Crippen molar-refractivity contribution in [3.05, 3.63) is 170 Å². The summed E-state index contributed by atoms with van der Waals surface area (Å²) in [5.74, 6) is -1.06. The summed E-state index contributed by atoms with van der Waals surface area (Å²) in [6.07, 6.45) is 73.3.